The van der Waals surface area contributed by atoms with Crippen molar-refractivity contribution in [2.75, 3.05) is 28.2 Å². The molecule has 0 heterocycles. The summed E-state index contributed by atoms with van der Waals surface area (Å²) in [5, 5.41) is 6.08. The molecule has 1 amide bonds. The molecule has 28 heavy (non-hydrogen) atoms. The molecule has 0 saturated carbocycles. The SMILES string of the molecule is CN(c1ccccc1C(=O)Nc1ccc(Nc2ccccc2)cc1)S(C)(=O)=O. The molecule has 3 aromatic rings. The third-order valence-electron chi connectivity index (χ3n) is 4.19. The van der Waals surface area contributed by atoms with Gasteiger partial charge < -0.3 is 10.6 Å². The predicted molar refractivity (Wildman–Crippen MR) is 114 cm³/mol. The maximum Gasteiger partial charge on any atom is 0.257 e. The maximum absolute atomic E-state index is 12.7. The molecule has 144 valence electrons. The van der Waals surface area contributed by atoms with Gasteiger partial charge in [0.05, 0.1) is 17.5 Å². The minimum absolute atomic E-state index is 0.280. The number of rotatable bonds is 6. The summed E-state index contributed by atoms with van der Waals surface area (Å²) in [4.78, 5) is 12.7. The summed E-state index contributed by atoms with van der Waals surface area (Å²) in [5.74, 6) is -0.380. The first-order valence-electron chi connectivity index (χ1n) is 8.61. The third kappa shape index (κ3) is 4.69. The van der Waals surface area contributed by atoms with Crippen molar-refractivity contribution in [3.05, 3.63) is 84.4 Å². The fourth-order valence-corrected chi connectivity index (χ4v) is 3.16. The van der Waals surface area contributed by atoms with Gasteiger partial charge >= 0.3 is 0 Å². The molecule has 3 rings (SSSR count). The normalized spacial score (nSPS) is 10.9. The molecule has 0 fully saturated rings. The van der Waals surface area contributed by atoms with Gasteiger partial charge in [-0.25, -0.2) is 8.42 Å². The summed E-state index contributed by atoms with van der Waals surface area (Å²) in [7, 11) is -2.05. The Labute approximate surface area is 164 Å². The first kappa shape index (κ1) is 19.4. The molecule has 0 saturated heterocycles. The first-order chi connectivity index (χ1) is 13.3. The fraction of sp³-hybridized carbons (Fsp3) is 0.0952. The van der Waals surface area contributed by atoms with Crippen LogP contribution in [-0.4, -0.2) is 27.6 Å². The van der Waals surface area contributed by atoms with E-state index in [4.69, 9.17) is 0 Å². The van der Waals surface area contributed by atoms with E-state index in [1.165, 1.54) is 7.05 Å². The Bertz CT molecular complexity index is 1070. The molecule has 0 atom stereocenters. The van der Waals surface area contributed by atoms with Gasteiger partial charge in [0.25, 0.3) is 5.91 Å². The summed E-state index contributed by atoms with van der Waals surface area (Å²) in [6.07, 6.45) is 1.10. The lowest BCUT2D eigenvalue weighted by Gasteiger charge is -2.19. The molecule has 0 unspecified atom stereocenters. The summed E-state index contributed by atoms with van der Waals surface area (Å²) in [6, 6.07) is 23.6. The van der Waals surface area contributed by atoms with Gasteiger partial charge in [-0.1, -0.05) is 30.3 Å². The molecule has 0 bridgehead atoms. The lowest BCUT2D eigenvalue weighted by atomic mass is 10.1. The van der Waals surface area contributed by atoms with Crippen molar-refractivity contribution in [1.29, 1.82) is 0 Å². The van der Waals surface area contributed by atoms with Gasteiger partial charge in [0.2, 0.25) is 10.0 Å². The number of nitrogens with zero attached hydrogens (tertiary/aromatic N) is 1. The van der Waals surface area contributed by atoms with Crippen LogP contribution in [0.2, 0.25) is 0 Å². The number of amides is 1. The lowest BCUT2D eigenvalue weighted by Crippen LogP contribution is -2.27. The number of carbonyl (C=O) groups excluding carboxylic acids is 1. The highest BCUT2D eigenvalue weighted by molar-refractivity contribution is 7.92. The Balaban J connectivity index is 1.75. The highest BCUT2D eigenvalue weighted by Crippen LogP contribution is 2.23. The van der Waals surface area contributed by atoms with E-state index in [0.717, 1.165) is 21.9 Å². The average Bonchev–Trinajstić information content (AvgIpc) is 2.69. The number of benzene rings is 3. The monoisotopic (exact) mass is 395 g/mol. The molecule has 0 radical (unpaired) electrons. The second-order valence-corrected chi connectivity index (χ2v) is 8.28. The molecule has 0 spiro atoms. The maximum atomic E-state index is 12.7. The second kappa shape index (κ2) is 8.14. The Hall–Kier alpha value is -3.32. The van der Waals surface area contributed by atoms with Gasteiger partial charge in [0, 0.05) is 24.1 Å². The Morgan fingerprint density at radius 1 is 0.786 bits per heavy atom. The quantitative estimate of drug-likeness (QED) is 0.659. The Kier molecular flexibility index (Phi) is 5.65. The highest BCUT2D eigenvalue weighted by atomic mass is 32.2. The van der Waals surface area contributed by atoms with Gasteiger partial charge in [-0.05, 0) is 48.5 Å². The zero-order valence-electron chi connectivity index (χ0n) is 15.6. The minimum Gasteiger partial charge on any atom is -0.356 e. The standard InChI is InChI=1S/C21H21N3O3S/c1-24(28(2,26)27)20-11-7-6-10-19(20)21(25)23-18-14-12-17(13-15-18)22-16-8-4-3-5-9-16/h3-15,22H,1-2H3,(H,23,25). The number of carbonyl (C=O) groups is 1. The summed E-state index contributed by atoms with van der Waals surface area (Å²) in [5.41, 5.74) is 3.07. The van der Waals surface area contributed by atoms with E-state index in [-0.39, 0.29) is 11.5 Å². The van der Waals surface area contributed by atoms with Crippen LogP contribution in [0.5, 0.6) is 0 Å². The van der Waals surface area contributed by atoms with Crippen LogP contribution >= 0.6 is 0 Å². The number of hydrogen-bond acceptors (Lipinski definition) is 4. The van der Waals surface area contributed by atoms with Crippen LogP contribution in [0.1, 0.15) is 10.4 Å². The molecule has 3 aromatic carbocycles. The minimum atomic E-state index is -3.48. The molecule has 2 N–H and O–H groups in total. The van der Waals surface area contributed by atoms with Gasteiger partial charge in [0.1, 0.15) is 0 Å². The van der Waals surface area contributed by atoms with E-state index in [9.17, 15) is 13.2 Å². The number of anilines is 4. The molecular formula is C21H21N3O3S. The smallest absolute Gasteiger partial charge is 0.257 e. The lowest BCUT2D eigenvalue weighted by molar-refractivity contribution is 0.102. The fourth-order valence-electron chi connectivity index (χ4n) is 2.64. The van der Waals surface area contributed by atoms with Gasteiger partial charge in [0.15, 0.2) is 0 Å². The second-order valence-electron chi connectivity index (χ2n) is 6.27. The molecule has 0 aliphatic carbocycles. The topological polar surface area (TPSA) is 78.5 Å². The number of para-hydroxylation sites is 2. The summed E-state index contributed by atoms with van der Waals surface area (Å²) in [6.45, 7) is 0. The van der Waals surface area contributed by atoms with E-state index in [1.54, 1.807) is 36.4 Å². The van der Waals surface area contributed by atoms with Crippen molar-refractivity contribution in [3.63, 3.8) is 0 Å². The van der Waals surface area contributed by atoms with Crippen LogP contribution in [-0.2, 0) is 10.0 Å². The van der Waals surface area contributed by atoms with E-state index < -0.39 is 10.0 Å². The number of sulfonamides is 1. The van der Waals surface area contributed by atoms with Crippen molar-refractivity contribution in [3.8, 4) is 0 Å². The third-order valence-corrected chi connectivity index (χ3v) is 5.38. The van der Waals surface area contributed by atoms with Crippen molar-refractivity contribution in [2.24, 2.45) is 0 Å². The van der Waals surface area contributed by atoms with Gasteiger partial charge in [-0.15, -0.1) is 0 Å². The van der Waals surface area contributed by atoms with Crippen LogP contribution in [0, 0.1) is 0 Å². The molecule has 0 aromatic heterocycles. The zero-order chi connectivity index (χ0) is 20.1. The van der Waals surface area contributed by atoms with Crippen molar-refractivity contribution >= 4 is 38.7 Å². The van der Waals surface area contributed by atoms with Crippen molar-refractivity contribution in [1.82, 2.24) is 0 Å². The van der Waals surface area contributed by atoms with E-state index >= 15 is 0 Å². The average molecular weight is 395 g/mol. The number of nitrogens with one attached hydrogen (secondary N) is 2. The van der Waals surface area contributed by atoms with Crippen LogP contribution < -0.4 is 14.9 Å². The molecule has 7 heteroatoms. The predicted octanol–water partition coefficient (Wildman–Crippen LogP) is 4.08. The van der Waals surface area contributed by atoms with E-state index in [2.05, 4.69) is 10.6 Å². The van der Waals surface area contributed by atoms with Gasteiger partial charge in [-0.3, -0.25) is 9.10 Å². The molecule has 0 aliphatic rings. The zero-order valence-corrected chi connectivity index (χ0v) is 16.4. The highest BCUT2D eigenvalue weighted by Gasteiger charge is 2.19. The van der Waals surface area contributed by atoms with Crippen LogP contribution in [0.4, 0.5) is 22.7 Å². The molecule has 6 nitrogen and oxygen atoms in total. The van der Waals surface area contributed by atoms with Crippen molar-refractivity contribution < 1.29 is 13.2 Å². The van der Waals surface area contributed by atoms with Crippen LogP contribution in [0.15, 0.2) is 78.9 Å². The number of hydrogen-bond donors (Lipinski definition) is 2. The summed E-state index contributed by atoms with van der Waals surface area (Å²) >= 11 is 0. The molecular weight excluding hydrogens is 374 g/mol. The largest absolute Gasteiger partial charge is 0.356 e. The van der Waals surface area contributed by atoms with Crippen molar-refractivity contribution in [2.45, 2.75) is 0 Å². The van der Waals surface area contributed by atoms with Gasteiger partial charge in [-0.2, -0.15) is 0 Å². The summed E-state index contributed by atoms with van der Waals surface area (Å²) < 4.78 is 24.8. The molecule has 0 aliphatic heterocycles. The van der Waals surface area contributed by atoms with E-state index in [0.29, 0.717) is 11.4 Å². The Morgan fingerprint density at radius 3 is 1.96 bits per heavy atom. The first-order valence-corrected chi connectivity index (χ1v) is 10.5. The van der Waals surface area contributed by atoms with E-state index in [1.807, 2.05) is 42.5 Å². The van der Waals surface area contributed by atoms with Crippen LogP contribution in [0.25, 0.3) is 0 Å². The Morgan fingerprint density at radius 2 is 1.32 bits per heavy atom. The van der Waals surface area contributed by atoms with Crippen LogP contribution in [0.3, 0.4) is 0 Å².